The van der Waals surface area contributed by atoms with Crippen molar-refractivity contribution in [1.29, 1.82) is 0 Å². The number of halogens is 6. The number of likely N-dealkylation sites (N-methyl/N-ethyl adjacent to an activating group) is 1. The minimum absolute atomic E-state index is 0.0619. The maximum absolute atomic E-state index is 15.1. The Labute approximate surface area is 268 Å². The van der Waals surface area contributed by atoms with Crippen LogP contribution in [0.15, 0.2) is 24.4 Å². The van der Waals surface area contributed by atoms with Gasteiger partial charge in [0.15, 0.2) is 12.1 Å². The van der Waals surface area contributed by atoms with E-state index in [1.807, 2.05) is 4.90 Å². The molecular formula is C29H34Cl2F4N8O2. The van der Waals surface area contributed by atoms with Crippen LogP contribution in [0.2, 0.25) is 10.0 Å². The second-order valence-electron chi connectivity index (χ2n) is 10.6. The fourth-order valence-electron chi connectivity index (χ4n) is 5.48. The molecule has 2 N–H and O–H groups in total. The molecule has 2 aliphatic rings. The van der Waals surface area contributed by atoms with Crippen molar-refractivity contribution < 1.29 is 27.2 Å². The van der Waals surface area contributed by atoms with Crippen LogP contribution in [0.3, 0.4) is 0 Å². The van der Waals surface area contributed by atoms with E-state index in [0.717, 1.165) is 26.2 Å². The lowest BCUT2D eigenvalue weighted by atomic mass is 10.1. The molecule has 1 aromatic heterocycles. The Kier molecular flexibility index (Phi) is 10.5. The molecule has 3 heterocycles. The number of hydrogen-bond donors (Lipinski definition) is 1. The van der Waals surface area contributed by atoms with Crippen LogP contribution in [0.1, 0.15) is 29.9 Å². The third-order valence-electron chi connectivity index (χ3n) is 8.05. The summed E-state index contributed by atoms with van der Waals surface area (Å²) >= 11 is 11.9. The van der Waals surface area contributed by atoms with Crippen LogP contribution in [0, 0.1) is 5.82 Å². The first kappa shape index (κ1) is 34.3. The first-order valence-electron chi connectivity index (χ1n) is 14.2. The summed E-state index contributed by atoms with van der Waals surface area (Å²) in [7, 11) is 0.962. The molecule has 0 bridgehead atoms. The molecule has 1 amide bonds. The fourth-order valence-corrected chi connectivity index (χ4v) is 5.93. The molecule has 0 aliphatic carbocycles. The van der Waals surface area contributed by atoms with E-state index < -0.39 is 34.1 Å². The van der Waals surface area contributed by atoms with Gasteiger partial charge in [0.05, 0.1) is 15.7 Å². The van der Waals surface area contributed by atoms with Crippen LogP contribution in [-0.4, -0.2) is 104 Å². The molecule has 2 aromatic rings. The zero-order chi connectivity index (χ0) is 33.2. The van der Waals surface area contributed by atoms with Gasteiger partial charge in [-0.2, -0.15) is 18.2 Å². The smallest absolute Gasteiger partial charge is 0.396 e. The number of nitrogen functional groups attached to an aromatic ring is 1. The summed E-state index contributed by atoms with van der Waals surface area (Å²) in [5.74, 6) is -1.24. The predicted molar refractivity (Wildman–Crippen MR) is 169 cm³/mol. The zero-order valence-electron chi connectivity index (χ0n) is 25.0. The number of rotatable bonds is 10. The van der Waals surface area contributed by atoms with Crippen LogP contribution >= 0.6 is 23.2 Å². The Bertz CT molecular complexity index is 1460. The number of nitrogens with two attached hydrogens (primary N) is 1. The summed E-state index contributed by atoms with van der Waals surface area (Å²) in [6.45, 7) is 11.3. The quantitative estimate of drug-likeness (QED) is 0.126. The van der Waals surface area contributed by atoms with E-state index in [-0.39, 0.29) is 66.2 Å². The van der Waals surface area contributed by atoms with Crippen LogP contribution in [-0.2, 0) is 4.79 Å². The summed E-state index contributed by atoms with van der Waals surface area (Å²) in [5.41, 5.74) is 2.85. The fraction of sp³-hybridized carbons (Fsp3) is 0.448. The average Bonchev–Trinajstić information content (AvgIpc) is 2.99. The number of piperazine rings is 1. The van der Waals surface area contributed by atoms with E-state index in [2.05, 4.69) is 35.3 Å². The highest BCUT2D eigenvalue weighted by molar-refractivity contribution is 6.37. The average molecular weight is 674 g/mol. The minimum atomic E-state index is -5.07. The number of aromatic nitrogens is 2. The van der Waals surface area contributed by atoms with Gasteiger partial charge in [0.25, 0.3) is 0 Å². The van der Waals surface area contributed by atoms with Crippen molar-refractivity contribution in [3.8, 4) is 0 Å². The third-order valence-corrected chi connectivity index (χ3v) is 8.63. The minimum Gasteiger partial charge on any atom is -0.396 e. The van der Waals surface area contributed by atoms with Crippen LogP contribution in [0.25, 0.3) is 6.08 Å². The van der Waals surface area contributed by atoms with E-state index in [0.29, 0.717) is 30.4 Å². The first-order valence-corrected chi connectivity index (χ1v) is 15.0. The highest BCUT2D eigenvalue weighted by atomic mass is 35.5. The number of nitrogens with zero attached hydrogens (tertiary/aromatic N) is 7. The van der Waals surface area contributed by atoms with Crippen molar-refractivity contribution in [3.05, 3.63) is 51.5 Å². The Morgan fingerprint density at radius 3 is 2.27 bits per heavy atom. The normalized spacial score (nSPS) is 16.2. The number of hydrogen-bond acceptors (Lipinski definition) is 9. The van der Waals surface area contributed by atoms with Gasteiger partial charge >= 0.3 is 6.18 Å². The Morgan fingerprint density at radius 1 is 1.11 bits per heavy atom. The van der Waals surface area contributed by atoms with Gasteiger partial charge in [-0.25, -0.2) is 9.37 Å². The van der Waals surface area contributed by atoms with E-state index in [1.54, 1.807) is 9.80 Å². The molecule has 0 atom stereocenters. The summed E-state index contributed by atoms with van der Waals surface area (Å²) in [5, 5.41) is -0.764. The van der Waals surface area contributed by atoms with Crippen molar-refractivity contribution in [2.24, 2.45) is 0 Å². The SMILES string of the molecule is C=CC(=O)N1CCN(c2nc(N3CC(N(CC)CC)C3)nc(C=O)c2/C=C(\N(C)c2c(N)c(Cl)cc(Cl)c2F)C(F)(F)F)CC1. The summed E-state index contributed by atoms with van der Waals surface area (Å²) in [6, 6.07) is 1.23. The number of carbonyl (C=O) groups excluding carboxylic acids is 2. The molecule has 0 spiro atoms. The van der Waals surface area contributed by atoms with Crippen molar-refractivity contribution in [2.75, 3.05) is 79.8 Å². The van der Waals surface area contributed by atoms with Crippen molar-refractivity contribution in [1.82, 2.24) is 19.8 Å². The molecule has 10 nitrogen and oxygen atoms in total. The largest absolute Gasteiger partial charge is 0.431 e. The van der Waals surface area contributed by atoms with Gasteiger partial charge in [0.1, 0.15) is 22.9 Å². The molecule has 0 unspecified atom stereocenters. The molecule has 2 saturated heterocycles. The molecule has 2 aliphatic heterocycles. The second kappa shape index (κ2) is 13.8. The lowest BCUT2D eigenvalue weighted by Gasteiger charge is -2.45. The van der Waals surface area contributed by atoms with Gasteiger partial charge in [-0.3, -0.25) is 14.5 Å². The Morgan fingerprint density at radius 2 is 1.73 bits per heavy atom. The van der Waals surface area contributed by atoms with Gasteiger partial charge in [0.2, 0.25) is 11.9 Å². The zero-order valence-corrected chi connectivity index (χ0v) is 26.6. The van der Waals surface area contributed by atoms with Gasteiger partial charge in [-0.15, -0.1) is 0 Å². The maximum atomic E-state index is 15.1. The van der Waals surface area contributed by atoms with E-state index in [9.17, 15) is 22.8 Å². The van der Waals surface area contributed by atoms with Crippen molar-refractivity contribution >= 4 is 64.6 Å². The summed E-state index contributed by atoms with van der Waals surface area (Å²) < 4.78 is 59.2. The van der Waals surface area contributed by atoms with Gasteiger partial charge in [-0.05, 0) is 31.3 Å². The van der Waals surface area contributed by atoms with Crippen LogP contribution in [0.4, 0.5) is 40.7 Å². The van der Waals surface area contributed by atoms with E-state index >= 15 is 4.39 Å². The number of allylic oxidation sites excluding steroid dienone is 1. The van der Waals surface area contributed by atoms with Crippen LogP contribution < -0.4 is 20.4 Å². The maximum Gasteiger partial charge on any atom is 0.431 e. The molecule has 0 saturated carbocycles. The molecule has 4 rings (SSSR count). The highest BCUT2D eigenvalue weighted by Gasteiger charge is 2.40. The monoisotopic (exact) mass is 672 g/mol. The number of alkyl halides is 3. The summed E-state index contributed by atoms with van der Waals surface area (Å²) in [4.78, 5) is 41.5. The third kappa shape index (κ3) is 6.97. The van der Waals surface area contributed by atoms with Crippen molar-refractivity contribution in [2.45, 2.75) is 26.1 Å². The number of aldehydes is 1. The molecule has 244 valence electrons. The summed E-state index contributed by atoms with van der Waals surface area (Å²) in [6.07, 6.45) is -2.83. The predicted octanol–water partition coefficient (Wildman–Crippen LogP) is 4.72. The molecule has 1 aromatic carbocycles. The molecule has 16 heteroatoms. The number of anilines is 4. The van der Waals surface area contributed by atoms with Crippen LogP contribution in [0.5, 0.6) is 0 Å². The lowest BCUT2D eigenvalue weighted by molar-refractivity contribution is -0.126. The Balaban J connectivity index is 1.85. The lowest BCUT2D eigenvalue weighted by Crippen LogP contribution is -2.60. The standard InChI is InChI=1S/C29H34Cl2F4N8O2/c1-5-23(45)41-8-10-42(11-9-41)27-18(21(16-44)37-28(38-27)43-14-17(15-43)40(6-2)7-3)12-22(29(33,34)35)39(4)26-24(32)19(30)13-20(31)25(26)36/h5,12-13,16-17H,1,6-11,14-15,36H2,2-4H3/b22-12-. The molecular weight excluding hydrogens is 639 g/mol. The van der Waals surface area contributed by atoms with Gasteiger partial charge in [-0.1, -0.05) is 43.6 Å². The molecule has 45 heavy (non-hydrogen) atoms. The number of amides is 1. The van der Waals surface area contributed by atoms with E-state index in [1.165, 1.54) is 6.08 Å². The topological polar surface area (TPSA) is 102 Å². The van der Waals surface area contributed by atoms with Crippen molar-refractivity contribution in [3.63, 3.8) is 0 Å². The van der Waals surface area contributed by atoms with Gasteiger partial charge in [0, 0.05) is 57.9 Å². The molecule has 0 radical (unpaired) electrons. The number of carbonyl (C=O) groups is 2. The highest BCUT2D eigenvalue weighted by Crippen LogP contribution is 2.42. The number of benzene rings is 1. The van der Waals surface area contributed by atoms with E-state index in [4.69, 9.17) is 28.9 Å². The second-order valence-corrected chi connectivity index (χ2v) is 11.4. The first-order chi connectivity index (χ1) is 21.2. The Hall–Kier alpha value is -3.62. The van der Waals surface area contributed by atoms with Gasteiger partial charge < -0.3 is 25.3 Å². The molecule has 2 fully saturated rings.